The highest BCUT2D eigenvalue weighted by molar-refractivity contribution is 6.02. The molecule has 0 unspecified atom stereocenters. The molecule has 2 aliphatic rings. The Morgan fingerprint density at radius 1 is 1.11 bits per heavy atom. The number of H-pyrrole nitrogens is 1. The molecule has 10 nitrogen and oxygen atoms in total. The van der Waals surface area contributed by atoms with E-state index in [0.29, 0.717) is 36.5 Å². The number of ether oxygens (including phenoxy) is 1. The number of nitrogens with zero attached hydrogens (tertiary/aromatic N) is 4. The van der Waals surface area contributed by atoms with Gasteiger partial charge in [-0.05, 0) is 42.5 Å². The van der Waals surface area contributed by atoms with E-state index < -0.39 is 11.9 Å². The molecule has 1 aromatic heterocycles. The van der Waals surface area contributed by atoms with Crippen LogP contribution in [-0.2, 0) is 22.4 Å². The molecule has 0 spiro atoms. The summed E-state index contributed by atoms with van der Waals surface area (Å²) in [6, 6.07) is 14.4. The smallest absolute Gasteiger partial charge is 0.291 e. The maximum atomic E-state index is 13.2. The van der Waals surface area contributed by atoms with E-state index >= 15 is 0 Å². The number of carbonyl (C=O) groups excluding carboxylic acids is 3. The van der Waals surface area contributed by atoms with Crippen LogP contribution in [0, 0.1) is 0 Å². The van der Waals surface area contributed by atoms with Crippen molar-refractivity contribution in [3.8, 4) is 5.75 Å². The van der Waals surface area contributed by atoms with Crippen molar-refractivity contribution in [1.82, 2.24) is 25.4 Å². The first-order chi connectivity index (χ1) is 18.0. The van der Waals surface area contributed by atoms with Crippen LogP contribution in [0.15, 0.2) is 48.5 Å². The summed E-state index contributed by atoms with van der Waals surface area (Å²) in [5, 5.41) is 9.50. The number of likely N-dealkylation sites (N-methyl/N-ethyl adjacent to an activating group) is 1. The van der Waals surface area contributed by atoms with Gasteiger partial charge in [-0.2, -0.15) is 0 Å². The summed E-state index contributed by atoms with van der Waals surface area (Å²) < 4.78 is 5.88. The lowest BCUT2D eigenvalue weighted by Gasteiger charge is -2.20. The molecular formula is C27H30N6O4. The van der Waals surface area contributed by atoms with Crippen molar-refractivity contribution in [3.63, 3.8) is 0 Å². The Hall–Kier alpha value is -4.21. The standard InChI is InChI=1S/C27H30N6O4/c1-32-21-15-19(10-12-24(34)33-13-5-6-14-33)9-11-22(21)37-17-20(27(32)36)28-26(35)25-29-23(30-31-25)16-18-7-3-2-4-8-18/h2-4,7-9,11,15,20H,5-6,10,12-14,16-17H2,1H3,(H,28,35)(H,29,30,31)/t20-/m0/s1. The van der Waals surface area contributed by atoms with Gasteiger partial charge >= 0.3 is 0 Å². The normalized spacial score (nSPS) is 17.2. The first-order valence-corrected chi connectivity index (χ1v) is 12.5. The fraction of sp³-hybridized carbons (Fsp3) is 0.370. The van der Waals surface area contributed by atoms with E-state index in [1.54, 1.807) is 7.05 Å². The molecule has 0 radical (unpaired) electrons. The lowest BCUT2D eigenvalue weighted by molar-refractivity contribution is -0.130. The molecule has 3 amide bonds. The van der Waals surface area contributed by atoms with Gasteiger partial charge in [0, 0.05) is 33.0 Å². The number of hydrogen-bond donors (Lipinski definition) is 2. The summed E-state index contributed by atoms with van der Waals surface area (Å²) in [7, 11) is 1.65. The van der Waals surface area contributed by atoms with Crippen LogP contribution in [-0.4, -0.2) is 70.6 Å². The molecule has 0 aliphatic carbocycles. The molecule has 2 N–H and O–H groups in total. The van der Waals surface area contributed by atoms with E-state index in [4.69, 9.17) is 4.74 Å². The molecule has 3 aromatic rings. The highest BCUT2D eigenvalue weighted by Gasteiger charge is 2.32. The van der Waals surface area contributed by atoms with Crippen molar-refractivity contribution >= 4 is 23.4 Å². The average Bonchev–Trinajstić information content (AvgIpc) is 3.61. The van der Waals surface area contributed by atoms with E-state index in [0.717, 1.165) is 37.1 Å². The summed E-state index contributed by atoms with van der Waals surface area (Å²) in [5.74, 6) is 0.364. The lowest BCUT2D eigenvalue weighted by atomic mass is 10.1. The zero-order valence-electron chi connectivity index (χ0n) is 20.8. The lowest BCUT2D eigenvalue weighted by Crippen LogP contribution is -2.49. The molecule has 5 rings (SSSR count). The zero-order valence-corrected chi connectivity index (χ0v) is 20.8. The van der Waals surface area contributed by atoms with E-state index in [9.17, 15) is 14.4 Å². The highest BCUT2D eigenvalue weighted by Crippen LogP contribution is 2.32. The number of aromatic amines is 1. The molecule has 2 aromatic carbocycles. The molecule has 192 valence electrons. The third-order valence-electron chi connectivity index (χ3n) is 6.76. The number of aryl methyl sites for hydroxylation is 1. The van der Waals surface area contributed by atoms with Crippen LogP contribution < -0.4 is 15.0 Å². The second-order valence-electron chi connectivity index (χ2n) is 9.39. The Labute approximate surface area is 215 Å². The van der Waals surface area contributed by atoms with Crippen LogP contribution in [0.2, 0.25) is 0 Å². The third kappa shape index (κ3) is 5.63. The largest absolute Gasteiger partial charge is 0.489 e. The van der Waals surface area contributed by atoms with Gasteiger partial charge in [0.15, 0.2) is 0 Å². The molecule has 1 saturated heterocycles. The van der Waals surface area contributed by atoms with Crippen LogP contribution in [0.3, 0.4) is 0 Å². The monoisotopic (exact) mass is 502 g/mol. The number of aromatic nitrogens is 3. The molecule has 0 bridgehead atoms. The number of likely N-dealkylation sites (tertiary alicyclic amines) is 1. The summed E-state index contributed by atoms with van der Waals surface area (Å²) in [4.78, 5) is 46.1. The Kier molecular flexibility index (Phi) is 7.16. The van der Waals surface area contributed by atoms with E-state index in [1.807, 2.05) is 53.4 Å². The zero-order chi connectivity index (χ0) is 25.8. The van der Waals surface area contributed by atoms with Gasteiger partial charge in [-0.3, -0.25) is 19.5 Å². The van der Waals surface area contributed by atoms with Crippen molar-refractivity contribution in [2.75, 3.05) is 31.6 Å². The van der Waals surface area contributed by atoms with E-state index in [2.05, 4.69) is 20.5 Å². The number of amides is 3. The predicted octanol–water partition coefficient (Wildman–Crippen LogP) is 2.10. The molecule has 0 saturated carbocycles. The number of rotatable bonds is 7. The number of benzene rings is 2. The van der Waals surface area contributed by atoms with Crippen LogP contribution in [0.25, 0.3) is 0 Å². The van der Waals surface area contributed by atoms with Gasteiger partial charge in [0.1, 0.15) is 24.2 Å². The van der Waals surface area contributed by atoms with Gasteiger partial charge in [-0.1, -0.05) is 36.4 Å². The minimum Gasteiger partial charge on any atom is -0.489 e. The molecule has 1 fully saturated rings. The quantitative estimate of drug-likeness (QED) is 0.511. The Morgan fingerprint density at radius 2 is 1.89 bits per heavy atom. The molecule has 37 heavy (non-hydrogen) atoms. The summed E-state index contributed by atoms with van der Waals surface area (Å²) in [6.45, 7) is 1.66. The van der Waals surface area contributed by atoms with Gasteiger partial charge in [0.25, 0.3) is 11.8 Å². The SMILES string of the molecule is CN1C(=O)[C@@H](NC(=O)c2n[nH]c(Cc3ccccc3)n2)COc2ccc(CCC(=O)N3CCCC3)cc21. The first kappa shape index (κ1) is 24.5. The van der Waals surface area contributed by atoms with E-state index in [-0.39, 0.29) is 24.2 Å². The number of carbonyl (C=O) groups is 3. The van der Waals surface area contributed by atoms with Crippen molar-refractivity contribution in [1.29, 1.82) is 0 Å². The minimum absolute atomic E-state index is 0.0179. The second-order valence-corrected chi connectivity index (χ2v) is 9.39. The predicted molar refractivity (Wildman–Crippen MR) is 136 cm³/mol. The van der Waals surface area contributed by atoms with Crippen LogP contribution in [0.4, 0.5) is 5.69 Å². The summed E-state index contributed by atoms with van der Waals surface area (Å²) >= 11 is 0. The average molecular weight is 503 g/mol. The van der Waals surface area contributed by atoms with Gasteiger partial charge in [0.2, 0.25) is 11.7 Å². The van der Waals surface area contributed by atoms with Crippen molar-refractivity contribution in [3.05, 3.63) is 71.3 Å². The Balaban J connectivity index is 1.21. The van der Waals surface area contributed by atoms with Crippen LogP contribution in [0.5, 0.6) is 5.75 Å². The second kappa shape index (κ2) is 10.8. The fourth-order valence-electron chi connectivity index (χ4n) is 4.67. The van der Waals surface area contributed by atoms with Crippen molar-refractivity contribution in [2.45, 2.75) is 38.1 Å². The third-order valence-corrected chi connectivity index (χ3v) is 6.76. The van der Waals surface area contributed by atoms with Crippen molar-refractivity contribution < 1.29 is 19.1 Å². The number of nitrogens with one attached hydrogen (secondary N) is 2. The van der Waals surface area contributed by atoms with Crippen LogP contribution >= 0.6 is 0 Å². The highest BCUT2D eigenvalue weighted by atomic mass is 16.5. The topological polar surface area (TPSA) is 121 Å². The minimum atomic E-state index is -0.902. The molecular weight excluding hydrogens is 472 g/mol. The molecule has 2 aliphatic heterocycles. The number of fused-ring (bicyclic) bond motifs is 1. The van der Waals surface area contributed by atoms with Gasteiger partial charge in [-0.15, -0.1) is 5.10 Å². The first-order valence-electron chi connectivity index (χ1n) is 12.5. The van der Waals surface area contributed by atoms with Crippen molar-refractivity contribution in [2.24, 2.45) is 0 Å². The Morgan fingerprint density at radius 3 is 2.68 bits per heavy atom. The molecule has 3 heterocycles. The summed E-state index contributed by atoms with van der Waals surface area (Å²) in [6.07, 6.45) is 3.66. The van der Waals surface area contributed by atoms with Crippen LogP contribution in [0.1, 0.15) is 46.8 Å². The molecule has 10 heteroatoms. The Bertz CT molecular complexity index is 1290. The number of anilines is 1. The van der Waals surface area contributed by atoms with E-state index in [1.165, 1.54) is 4.90 Å². The summed E-state index contributed by atoms with van der Waals surface area (Å²) in [5.41, 5.74) is 2.59. The van der Waals surface area contributed by atoms with Gasteiger partial charge in [0.05, 0.1) is 5.69 Å². The number of hydrogen-bond acceptors (Lipinski definition) is 6. The maximum absolute atomic E-state index is 13.2. The fourth-order valence-corrected chi connectivity index (χ4v) is 4.67. The maximum Gasteiger partial charge on any atom is 0.291 e. The molecule has 1 atom stereocenters. The van der Waals surface area contributed by atoms with Gasteiger partial charge in [-0.25, -0.2) is 4.98 Å². The van der Waals surface area contributed by atoms with Gasteiger partial charge < -0.3 is 19.9 Å².